The van der Waals surface area contributed by atoms with E-state index in [1.54, 1.807) is 0 Å². The molecule has 0 spiro atoms. The summed E-state index contributed by atoms with van der Waals surface area (Å²) in [6, 6.07) is 0.759. The van der Waals surface area contributed by atoms with E-state index in [0.717, 1.165) is 25.0 Å². The molecule has 1 aliphatic rings. The molecule has 1 atom stereocenters. The quantitative estimate of drug-likeness (QED) is 0.634. The highest BCUT2D eigenvalue weighted by molar-refractivity contribution is 4.86. The van der Waals surface area contributed by atoms with Crippen molar-refractivity contribution < 1.29 is 5.11 Å². The molecule has 0 heterocycles. The number of hydrogen-bond donors (Lipinski definition) is 2. The van der Waals surface area contributed by atoms with Crippen molar-refractivity contribution in [2.45, 2.75) is 45.3 Å². The van der Waals surface area contributed by atoms with Crippen molar-refractivity contribution in [1.29, 1.82) is 0 Å². The zero-order valence-electron chi connectivity index (χ0n) is 10.4. The first-order valence-corrected chi connectivity index (χ1v) is 6.20. The molecule has 3 heteroatoms. The fourth-order valence-electron chi connectivity index (χ4n) is 1.86. The van der Waals surface area contributed by atoms with Crippen LogP contribution < -0.4 is 5.32 Å². The number of nitrogens with one attached hydrogen (secondary N) is 1. The first kappa shape index (κ1) is 12.9. The van der Waals surface area contributed by atoms with Gasteiger partial charge in [-0.3, -0.25) is 4.90 Å². The van der Waals surface area contributed by atoms with Crippen molar-refractivity contribution in [3.63, 3.8) is 0 Å². The highest BCUT2D eigenvalue weighted by Crippen LogP contribution is 2.27. The third-order valence-corrected chi connectivity index (χ3v) is 2.94. The third-order valence-electron chi connectivity index (χ3n) is 2.94. The van der Waals surface area contributed by atoms with Crippen LogP contribution >= 0.6 is 0 Å². The molecule has 0 amide bonds. The maximum absolute atomic E-state index is 9.76. The van der Waals surface area contributed by atoms with Crippen molar-refractivity contribution >= 4 is 0 Å². The Hall–Kier alpha value is -0.120. The number of aliphatic hydroxyl groups is 1. The second-order valence-corrected chi connectivity index (χ2v) is 5.12. The standard InChI is InChI=1S/C12H26N2O/c1-10(2)6-7-14(11-4-5-11)9-12(15)8-13-3/h10-13,15H,4-9H2,1-3H3. The molecule has 1 saturated carbocycles. The van der Waals surface area contributed by atoms with Gasteiger partial charge in [0.15, 0.2) is 0 Å². The molecule has 0 saturated heterocycles. The van der Waals surface area contributed by atoms with E-state index >= 15 is 0 Å². The lowest BCUT2D eigenvalue weighted by molar-refractivity contribution is 0.106. The van der Waals surface area contributed by atoms with Gasteiger partial charge in [-0.05, 0) is 38.8 Å². The molecular formula is C12H26N2O. The Morgan fingerprint density at radius 3 is 2.53 bits per heavy atom. The molecule has 1 rings (SSSR count). The maximum Gasteiger partial charge on any atom is 0.0791 e. The molecule has 0 aromatic heterocycles. The second-order valence-electron chi connectivity index (χ2n) is 5.12. The molecule has 0 radical (unpaired) electrons. The largest absolute Gasteiger partial charge is 0.390 e. The Morgan fingerprint density at radius 1 is 1.40 bits per heavy atom. The maximum atomic E-state index is 9.76. The molecule has 0 aliphatic heterocycles. The fraction of sp³-hybridized carbons (Fsp3) is 1.00. The molecular weight excluding hydrogens is 188 g/mol. The summed E-state index contributed by atoms with van der Waals surface area (Å²) in [5, 5.41) is 12.8. The predicted octanol–water partition coefficient (Wildman–Crippen LogP) is 1.08. The van der Waals surface area contributed by atoms with Crippen LogP contribution in [-0.4, -0.2) is 48.8 Å². The molecule has 1 aliphatic carbocycles. The predicted molar refractivity (Wildman–Crippen MR) is 64.0 cm³/mol. The summed E-state index contributed by atoms with van der Waals surface area (Å²) in [4.78, 5) is 2.46. The average molecular weight is 214 g/mol. The molecule has 1 fully saturated rings. The van der Waals surface area contributed by atoms with E-state index in [9.17, 15) is 5.11 Å². The summed E-state index contributed by atoms with van der Waals surface area (Å²) in [6.45, 7) is 7.19. The normalized spacial score (nSPS) is 18.8. The molecule has 90 valence electrons. The van der Waals surface area contributed by atoms with Crippen LogP contribution in [0.1, 0.15) is 33.1 Å². The third kappa shape index (κ3) is 5.50. The Morgan fingerprint density at radius 2 is 2.07 bits per heavy atom. The van der Waals surface area contributed by atoms with Gasteiger partial charge in [0.05, 0.1) is 6.10 Å². The van der Waals surface area contributed by atoms with Crippen molar-refractivity contribution in [3.05, 3.63) is 0 Å². The lowest BCUT2D eigenvalue weighted by Crippen LogP contribution is -2.39. The molecule has 0 aromatic carbocycles. The van der Waals surface area contributed by atoms with Gasteiger partial charge in [-0.25, -0.2) is 0 Å². The molecule has 2 N–H and O–H groups in total. The van der Waals surface area contributed by atoms with Gasteiger partial charge in [0.25, 0.3) is 0 Å². The molecule has 3 nitrogen and oxygen atoms in total. The lowest BCUT2D eigenvalue weighted by atomic mass is 10.1. The van der Waals surface area contributed by atoms with Crippen LogP contribution in [0.15, 0.2) is 0 Å². The SMILES string of the molecule is CNCC(O)CN(CCC(C)C)C1CC1. The number of aliphatic hydroxyl groups excluding tert-OH is 1. The summed E-state index contributed by atoms with van der Waals surface area (Å²) in [5.74, 6) is 0.757. The highest BCUT2D eigenvalue weighted by Gasteiger charge is 2.29. The van der Waals surface area contributed by atoms with Crippen LogP contribution in [0.5, 0.6) is 0 Å². The number of rotatable bonds is 8. The van der Waals surface area contributed by atoms with E-state index in [2.05, 4.69) is 24.1 Å². The van der Waals surface area contributed by atoms with E-state index in [-0.39, 0.29) is 6.10 Å². The fourth-order valence-corrected chi connectivity index (χ4v) is 1.86. The lowest BCUT2D eigenvalue weighted by Gasteiger charge is -2.25. The molecule has 15 heavy (non-hydrogen) atoms. The van der Waals surface area contributed by atoms with Crippen LogP contribution in [-0.2, 0) is 0 Å². The van der Waals surface area contributed by atoms with E-state index in [0.29, 0.717) is 6.54 Å². The minimum Gasteiger partial charge on any atom is -0.390 e. The van der Waals surface area contributed by atoms with Crippen LogP contribution in [0.4, 0.5) is 0 Å². The van der Waals surface area contributed by atoms with E-state index in [4.69, 9.17) is 0 Å². The summed E-state index contributed by atoms with van der Waals surface area (Å²) in [7, 11) is 1.89. The van der Waals surface area contributed by atoms with E-state index in [1.807, 2.05) is 7.05 Å². The second kappa shape index (κ2) is 6.46. The monoisotopic (exact) mass is 214 g/mol. The Labute approximate surface area is 93.9 Å². The zero-order chi connectivity index (χ0) is 11.3. The van der Waals surface area contributed by atoms with Gasteiger partial charge in [-0.15, -0.1) is 0 Å². The minimum absolute atomic E-state index is 0.220. The first-order valence-electron chi connectivity index (χ1n) is 6.20. The zero-order valence-corrected chi connectivity index (χ0v) is 10.4. The summed E-state index contributed by atoms with van der Waals surface area (Å²) >= 11 is 0. The van der Waals surface area contributed by atoms with Crippen LogP contribution in [0.2, 0.25) is 0 Å². The minimum atomic E-state index is -0.220. The van der Waals surface area contributed by atoms with Crippen LogP contribution in [0.25, 0.3) is 0 Å². The van der Waals surface area contributed by atoms with E-state index < -0.39 is 0 Å². The van der Waals surface area contributed by atoms with Gasteiger partial charge < -0.3 is 10.4 Å². The first-order chi connectivity index (χ1) is 7.13. The van der Waals surface area contributed by atoms with Gasteiger partial charge in [0.2, 0.25) is 0 Å². The molecule has 0 aromatic rings. The van der Waals surface area contributed by atoms with Crippen molar-refractivity contribution in [2.24, 2.45) is 5.92 Å². The Kier molecular flexibility index (Phi) is 5.58. The summed E-state index contributed by atoms with van der Waals surface area (Å²) < 4.78 is 0. The van der Waals surface area contributed by atoms with E-state index in [1.165, 1.54) is 19.3 Å². The smallest absolute Gasteiger partial charge is 0.0791 e. The van der Waals surface area contributed by atoms with Gasteiger partial charge in [-0.1, -0.05) is 13.8 Å². The molecule has 1 unspecified atom stereocenters. The Balaban J connectivity index is 2.23. The topological polar surface area (TPSA) is 35.5 Å². The average Bonchev–Trinajstić information content (AvgIpc) is 2.95. The van der Waals surface area contributed by atoms with Crippen molar-refractivity contribution in [3.8, 4) is 0 Å². The summed E-state index contributed by atoms with van der Waals surface area (Å²) in [5.41, 5.74) is 0. The number of nitrogens with zero attached hydrogens (tertiary/aromatic N) is 1. The van der Waals surface area contributed by atoms with Gasteiger partial charge >= 0.3 is 0 Å². The van der Waals surface area contributed by atoms with Crippen molar-refractivity contribution in [1.82, 2.24) is 10.2 Å². The van der Waals surface area contributed by atoms with Crippen molar-refractivity contribution in [2.75, 3.05) is 26.7 Å². The van der Waals surface area contributed by atoms with Gasteiger partial charge in [0.1, 0.15) is 0 Å². The molecule has 0 bridgehead atoms. The number of likely N-dealkylation sites (N-methyl/N-ethyl adjacent to an activating group) is 1. The Bertz CT molecular complexity index is 169. The summed E-state index contributed by atoms with van der Waals surface area (Å²) in [6.07, 6.45) is 3.67. The van der Waals surface area contributed by atoms with Gasteiger partial charge in [0, 0.05) is 19.1 Å². The van der Waals surface area contributed by atoms with Gasteiger partial charge in [-0.2, -0.15) is 0 Å². The number of hydrogen-bond acceptors (Lipinski definition) is 3. The van der Waals surface area contributed by atoms with Crippen LogP contribution in [0, 0.1) is 5.92 Å². The van der Waals surface area contributed by atoms with Crippen LogP contribution in [0.3, 0.4) is 0 Å². The highest BCUT2D eigenvalue weighted by atomic mass is 16.3.